The quantitative estimate of drug-likeness (QED) is 0.363. The first kappa shape index (κ1) is 26.3. The maximum Gasteiger partial charge on any atom is 0.416 e. The first-order chi connectivity index (χ1) is 16.6. The average Bonchev–Trinajstić information content (AvgIpc) is 3.31. The standard InChI is InChI=1S/C26H28F3N3O2S/c1-19(2)15-32(25(34)30-22-12-10-21(11-13-22)26(27,28)29)18-24(33)31(17-23-9-6-14-35-23)16-20-7-4-3-5-8-20/h3-14,19H,15-18H2,1-2H3,(H,30,34). The van der Waals surface area contributed by atoms with Gasteiger partial charge in [-0.15, -0.1) is 11.3 Å². The molecule has 0 aliphatic rings. The zero-order valence-electron chi connectivity index (χ0n) is 19.6. The van der Waals surface area contributed by atoms with Crippen LogP contribution in [0.5, 0.6) is 0 Å². The van der Waals surface area contributed by atoms with Crippen LogP contribution in [0.2, 0.25) is 0 Å². The van der Waals surface area contributed by atoms with Crippen molar-refractivity contribution >= 4 is 29.0 Å². The van der Waals surface area contributed by atoms with Gasteiger partial charge >= 0.3 is 12.2 Å². The molecule has 0 bridgehead atoms. The Kier molecular flexibility index (Phi) is 8.92. The Labute approximate surface area is 207 Å². The lowest BCUT2D eigenvalue weighted by Gasteiger charge is -2.29. The van der Waals surface area contributed by atoms with Crippen molar-refractivity contribution in [2.45, 2.75) is 33.1 Å². The largest absolute Gasteiger partial charge is 0.416 e. The summed E-state index contributed by atoms with van der Waals surface area (Å²) in [4.78, 5) is 30.5. The number of hydrogen-bond acceptors (Lipinski definition) is 3. The second kappa shape index (κ2) is 11.9. The zero-order chi connectivity index (χ0) is 25.4. The Morgan fingerprint density at radius 2 is 1.60 bits per heavy atom. The molecule has 3 amide bonds. The van der Waals surface area contributed by atoms with E-state index in [1.807, 2.05) is 61.7 Å². The smallest absolute Gasteiger partial charge is 0.332 e. The highest BCUT2D eigenvalue weighted by Crippen LogP contribution is 2.29. The Morgan fingerprint density at radius 1 is 0.914 bits per heavy atom. The molecule has 3 aromatic rings. The Bertz CT molecular complexity index is 1090. The molecule has 0 saturated heterocycles. The molecule has 0 fully saturated rings. The van der Waals surface area contributed by atoms with Crippen molar-refractivity contribution in [3.05, 3.63) is 88.1 Å². The summed E-state index contributed by atoms with van der Waals surface area (Å²) in [5, 5.41) is 4.56. The first-order valence-electron chi connectivity index (χ1n) is 11.2. The number of nitrogens with one attached hydrogen (secondary N) is 1. The zero-order valence-corrected chi connectivity index (χ0v) is 20.4. The summed E-state index contributed by atoms with van der Waals surface area (Å²) in [6.07, 6.45) is -4.45. The minimum absolute atomic E-state index is 0.0843. The monoisotopic (exact) mass is 503 g/mol. The summed E-state index contributed by atoms with van der Waals surface area (Å²) in [7, 11) is 0. The van der Waals surface area contributed by atoms with Crippen LogP contribution in [0.15, 0.2) is 72.1 Å². The molecular weight excluding hydrogens is 475 g/mol. The highest BCUT2D eigenvalue weighted by molar-refractivity contribution is 7.09. The number of nitrogens with zero attached hydrogens (tertiary/aromatic N) is 2. The number of urea groups is 1. The third-order valence-corrected chi connectivity index (χ3v) is 6.02. The number of halogens is 3. The molecule has 3 rings (SSSR count). The van der Waals surface area contributed by atoms with Crippen molar-refractivity contribution in [3.8, 4) is 0 Å². The van der Waals surface area contributed by atoms with E-state index in [2.05, 4.69) is 5.32 Å². The molecular formula is C26H28F3N3O2S. The minimum Gasteiger partial charge on any atom is -0.332 e. The fraction of sp³-hybridized carbons (Fsp3) is 0.308. The second-order valence-electron chi connectivity index (χ2n) is 8.59. The summed E-state index contributed by atoms with van der Waals surface area (Å²) in [6, 6.07) is 17.2. The second-order valence-corrected chi connectivity index (χ2v) is 9.63. The molecule has 0 aliphatic heterocycles. The number of thiophene rings is 1. The van der Waals surface area contributed by atoms with Crippen LogP contribution in [0.4, 0.5) is 23.7 Å². The van der Waals surface area contributed by atoms with Crippen LogP contribution in [0.3, 0.4) is 0 Å². The van der Waals surface area contributed by atoms with Gasteiger partial charge in [0.25, 0.3) is 0 Å². The number of carbonyl (C=O) groups is 2. The fourth-order valence-electron chi connectivity index (χ4n) is 3.50. The highest BCUT2D eigenvalue weighted by Gasteiger charge is 2.30. The third-order valence-electron chi connectivity index (χ3n) is 5.16. The highest BCUT2D eigenvalue weighted by atomic mass is 32.1. The van der Waals surface area contributed by atoms with Gasteiger partial charge in [-0.2, -0.15) is 13.2 Å². The van der Waals surface area contributed by atoms with E-state index in [-0.39, 0.29) is 24.1 Å². The SMILES string of the molecule is CC(C)CN(CC(=O)N(Cc1ccccc1)Cc1cccs1)C(=O)Nc1ccc(C(F)(F)F)cc1. The van der Waals surface area contributed by atoms with Gasteiger partial charge in [0, 0.05) is 23.7 Å². The van der Waals surface area contributed by atoms with E-state index < -0.39 is 17.8 Å². The Hall–Kier alpha value is -3.33. The van der Waals surface area contributed by atoms with E-state index in [0.717, 1.165) is 22.6 Å². The molecule has 0 aliphatic carbocycles. The van der Waals surface area contributed by atoms with Crippen molar-refractivity contribution in [1.29, 1.82) is 0 Å². The van der Waals surface area contributed by atoms with Crippen LogP contribution < -0.4 is 5.32 Å². The van der Waals surface area contributed by atoms with Gasteiger partial charge in [0.2, 0.25) is 5.91 Å². The normalized spacial score (nSPS) is 11.4. The van der Waals surface area contributed by atoms with E-state index in [4.69, 9.17) is 0 Å². The molecule has 35 heavy (non-hydrogen) atoms. The Balaban J connectivity index is 1.73. The van der Waals surface area contributed by atoms with Gasteiger partial charge in [0.15, 0.2) is 0 Å². The first-order valence-corrected chi connectivity index (χ1v) is 12.1. The lowest BCUT2D eigenvalue weighted by atomic mass is 10.2. The molecule has 2 aromatic carbocycles. The molecule has 1 heterocycles. The maximum atomic E-state index is 13.4. The van der Waals surface area contributed by atoms with E-state index in [9.17, 15) is 22.8 Å². The van der Waals surface area contributed by atoms with Crippen LogP contribution in [0.25, 0.3) is 0 Å². The summed E-state index contributed by atoms with van der Waals surface area (Å²) in [6.45, 7) is 4.83. The lowest BCUT2D eigenvalue weighted by Crippen LogP contribution is -2.45. The molecule has 0 radical (unpaired) electrons. The van der Waals surface area contributed by atoms with Crippen molar-refractivity contribution in [2.75, 3.05) is 18.4 Å². The molecule has 1 N–H and O–H groups in total. The summed E-state index contributed by atoms with van der Waals surface area (Å²) < 4.78 is 38.5. The van der Waals surface area contributed by atoms with Crippen LogP contribution in [-0.2, 0) is 24.1 Å². The molecule has 186 valence electrons. The molecule has 5 nitrogen and oxygen atoms in total. The van der Waals surface area contributed by atoms with Crippen molar-refractivity contribution in [2.24, 2.45) is 5.92 Å². The summed E-state index contributed by atoms with van der Waals surface area (Å²) >= 11 is 1.55. The Morgan fingerprint density at radius 3 is 2.17 bits per heavy atom. The number of anilines is 1. The third kappa shape index (κ3) is 8.13. The number of alkyl halides is 3. The number of benzene rings is 2. The van der Waals surface area contributed by atoms with Crippen LogP contribution in [0, 0.1) is 5.92 Å². The van der Waals surface area contributed by atoms with Gasteiger partial charge in [-0.05, 0) is 47.2 Å². The number of amides is 3. The van der Waals surface area contributed by atoms with E-state index >= 15 is 0 Å². The number of carbonyl (C=O) groups excluding carboxylic acids is 2. The van der Waals surface area contributed by atoms with E-state index in [0.29, 0.717) is 19.6 Å². The summed E-state index contributed by atoms with van der Waals surface area (Å²) in [5.41, 5.74) is 0.404. The van der Waals surface area contributed by atoms with Gasteiger partial charge in [-0.25, -0.2) is 4.79 Å². The molecule has 0 saturated carbocycles. The van der Waals surface area contributed by atoms with Crippen molar-refractivity contribution in [3.63, 3.8) is 0 Å². The van der Waals surface area contributed by atoms with Gasteiger partial charge in [-0.3, -0.25) is 4.79 Å². The molecule has 0 atom stereocenters. The number of rotatable bonds is 9. The van der Waals surface area contributed by atoms with E-state index in [1.165, 1.54) is 17.0 Å². The summed E-state index contributed by atoms with van der Waals surface area (Å²) in [5.74, 6) is -0.133. The van der Waals surface area contributed by atoms with Crippen LogP contribution in [0.1, 0.15) is 29.9 Å². The fourth-order valence-corrected chi connectivity index (χ4v) is 4.21. The number of hydrogen-bond donors (Lipinski definition) is 1. The maximum absolute atomic E-state index is 13.4. The van der Waals surface area contributed by atoms with Crippen molar-refractivity contribution in [1.82, 2.24) is 9.80 Å². The van der Waals surface area contributed by atoms with Crippen LogP contribution >= 0.6 is 11.3 Å². The van der Waals surface area contributed by atoms with Gasteiger partial charge in [-0.1, -0.05) is 50.2 Å². The lowest BCUT2D eigenvalue weighted by molar-refractivity contribution is -0.137. The molecule has 9 heteroatoms. The van der Waals surface area contributed by atoms with Crippen LogP contribution in [-0.4, -0.2) is 34.8 Å². The average molecular weight is 504 g/mol. The van der Waals surface area contributed by atoms with Gasteiger partial charge < -0.3 is 15.1 Å². The molecule has 0 spiro atoms. The molecule has 0 unspecified atom stereocenters. The minimum atomic E-state index is -4.45. The molecule has 1 aromatic heterocycles. The predicted octanol–water partition coefficient (Wildman–Crippen LogP) is 6.49. The predicted molar refractivity (Wildman–Crippen MR) is 132 cm³/mol. The van der Waals surface area contributed by atoms with E-state index in [1.54, 1.807) is 16.2 Å². The van der Waals surface area contributed by atoms with Gasteiger partial charge in [0.05, 0.1) is 12.1 Å². The van der Waals surface area contributed by atoms with Gasteiger partial charge in [0.1, 0.15) is 6.54 Å². The topological polar surface area (TPSA) is 52.7 Å². The van der Waals surface area contributed by atoms with Crippen molar-refractivity contribution < 1.29 is 22.8 Å².